The number of nitrogens with one attached hydrogen (secondary N) is 1. The molecule has 1 aromatic heterocycles. The number of carbonyl (C=O) groups is 1. The molecule has 224 valence electrons. The second-order valence-corrected chi connectivity index (χ2v) is 11.6. The minimum absolute atomic E-state index is 0.0174. The quantitative estimate of drug-likeness (QED) is 0.196. The van der Waals surface area contributed by atoms with E-state index in [4.69, 9.17) is 18.5 Å². The number of aryl methyl sites for hydroxylation is 1. The Hall–Kier alpha value is -3.26. The number of ether oxygens (including phenoxy) is 2. The fourth-order valence-electron chi connectivity index (χ4n) is 5.01. The SMILES string of the molecule is Cc1cn([C@H]2C[C@H](O)[C@@H](COP(=O)(O)O[C@H]3C[C@@H](c4ccc(C(=O)c5ccccc5)cc4)O[C@@H]3CO)O2)c(=O)[nH]c1=O. The van der Waals surface area contributed by atoms with E-state index in [0.717, 1.165) is 4.57 Å². The summed E-state index contributed by atoms with van der Waals surface area (Å²) in [4.78, 5) is 49.0. The maximum Gasteiger partial charge on any atom is 0.472 e. The van der Waals surface area contributed by atoms with Gasteiger partial charge in [0.15, 0.2) is 5.78 Å². The van der Waals surface area contributed by atoms with Crippen LogP contribution in [0.1, 0.15) is 52.2 Å². The lowest BCUT2D eigenvalue weighted by molar-refractivity contribution is -0.0529. The Morgan fingerprint density at radius 3 is 2.43 bits per heavy atom. The average Bonchev–Trinajstić information content (AvgIpc) is 3.56. The predicted molar refractivity (Wildman–Crippen MR) is 147 cm³/mol. The zero-order valence-corrected chi connectivity index (χ0v) is 23.5. The van der Waals surface area contributed by atoms with Crippen molar-refractivity contribution in [3.05, 3.63) is 104 Å². The largest absolute Gasteiger partial charge is 0.472 e. The zero-order valence-electron chi connectivity index (χ0n) is 22.6. The number of hydrogen-bond donors (Lipinski definition) is 4. The van der Waals surface area contributed by atoms with Gasteiger partial charge in [0, 0.05) is 35.7 Å². The molecule has 0 bridgehead atoms. The first-order chi connectivity index (χ1) is 20.0. The number of aromatic nitrogens is 2. The van der Waals surface area contributed by atoms with Crippen molar-refractivity contribution in [1.29, 1.82) is 0 Å². The minimum atomic E-state index is -4.70. The molecule has 5 rings (SSSR count). The molecule has 0 spiro atoms. The molecule has 0 amide bonds. The summed E-state index contributed by atoms with van der Waals surface area (Å²) in [6, 6.07) is 15.6. The molecule has 42 heavy (non-hydrogen) atoms. The predicted octanol–water partition coefficient (Wildman–Crippen LogP) is 1.75. The number of aliphatic hydroxyl groups is 2. The molecule has 0 radical (unpaired) electrons. The van der Waals surface area contributed by atoms with Crippen LogP contribution in [-0.2, 0) is 23.1 Å². The number of benzene rings is 2. The molecule has 2 saturated heterocycles. The highest BCUT2D eigenvalue weighted by atomic mass is 31.2. The topological polar surface area (TPSA) is 187 Å². The molecular weight excluding hydrogens is 571 g/mol. The van der Waals surface area contributed by atoms with Gasteiger partial charge in [-0.15, -0.1) is 0 Å². The Morgan fingerprint density at radius 2 is 1.74 bits per heavy atom. The highest BCUT2D eigenvalue weighted by Crippen LogP contribution is 2.49. The van der Waals surface area contributed by atoms with E-state index in [9.17, 15) is 34.1 Å². The average molecular weight is 603 g/mol. The van der Waals surface area contributed by atoms with Crippen LogP contribution in [0, 0.1) is 6.92 Å². The van der Waals surface area contributed by atoms with Gasteiger partial charge in [-0.2, -0.15) is 0 Å². The van der Waals surface area contributed by atoms with Crippen LogP contribution in [0.3, 0.4) is 0 Å². The number of phosphoric ester groups is 1. The summed E-state index contributed by atoms with van der Waals surface area (Å²) in [5, 5.41) is 20.2. The highest BCUT2D eigenvalue weighted by Gasteiger charge is 2.43. The monoisotopic (exact) mass is 602 g/mol. The van der Waals surface area contributed by atoms with E-state index in [0.29, 0.717) is 16.7 Å². The Morgan fingerprint density at radius 1 is 1.05 bits per heavy atom. The first-order valence-electron chi connectivity index (χ1n) is 13.3. The van der Waals surface area contributed by atoms with Crippen LogP contribution in [0.15, 0.2) is 70.4 Å². The molecule has 13 nitrogen and oxygen atoms in total. The van der Waals surface area contributed by atoms with Gasteiger partial charge in [-0.05, 0) is 12.5 Å². The first kappa shape index (κ1) is 30.2. The normalized spacial score (nSPS) is 27.1. The summed E-state index contributed by atoms with van der Waals surface area (Å²) >= 11 is 0. The second-order valence-electron chi connectivity index (χ2n) is 10.2. The van der Waals surface area contributed by atoms with Gasteiger partial charge < -0.3 is 24.6 Å². The van der Waals surface area contributed by atoms with Gasteiger partial charge in [-0.1, -0.05) is 54.6 Å². The third kappa shape index (κ3) is 6.69. The fraction of sp³-hybridized carbons (Fsp3) is 0.393. The lowest BCUT2D eigenvalue weighted by atomic mass is 9.99. The summed E-state index contributed by atoms with van der Waals surface area (Å²) in [7, 11) is -4.70. The van der Waals surface area contributed by atoms with E-state index in [2.05, 4.69) is 4.98 Å². The van der Waals surface area contributed by atoms with Crippen molar-refractivity contribution in [2.75, 3.05) is 13.2 Å². The lowest BCUT2D eigenvalue weighted by Gasteiger charge is -2.22. The molecule has 2 aliphatic rings. The zero-order chi connectivity index (χ0) is 30.0. The number of phosphoric acid groups is 1. The maximum absolute atomic E-state index is 12.8. The van der Waals surface area contributed by atoms with Gasteiger partial charge in [0.25, 0.3) is 5.56 Å². The molecule has 0 aliphatic carbocycles. The van der Waals surface area contributed by atoms with Crippen LogP contribution in [0.2, 0.25) is 0 Å². The molecule has 3 aromatic rings. The third-order valence-electron chi connectivity index (χ3n) is 7.29. The maximum atomic E-state index is 12.8. The Labute approximate surface area is 239 Å². The number of H-pyrrole nitrogens is 1. The molecular formula is C28H31N2O11P. The van der Waals surface area contributed by atoms with E-state index in [-0.39, 0.29) is 24.2 Å². The molecule has 2 aromatic carbocycles. The van der Waals surface area contributed by atoms with Gasteiger partial charge in [-0.25, -0.2) is 9.36 Å². The van der Waals surface area contributed by atoms with E-state index in [1.807, 2.05) is 6.07 Å². The molecule has 1 unspecified atom stereocenters. The van der Waals surface area contributed by atoms with E-state index in [1.54, 1.807) is 48.5 Å². The molecule has 2 aliphatic heterocycles. The molecule has 7 atom stereocenters. The number of carbonyl (C=O) groups excluding carboxylic acids is 1. The molecule has 2 fully saturated rings. The van der Waals surface area contributed by atoms with Crippen LogP contribution in [0.25, 0.3) is 0 Å². The van der Waals surface area contributed by atoms with Crippen molar-refractivity contribution in [1.82, 2.24) is 9.55 Å². The first-order valence-corrected chi connectivity index (χ1v) is 14.8. The van der Waals surface area contributed by atoms with Crippen LogP contribution in [-0.4, -0.2) is 68.1 Å². The van der Waals surface area contributed by atoms with Crippen LogP contribution in [0.4, 0.5) is 0 Å². The number of ketones is 1. The van der Waals surface area contributed by atoms with E-state index >= 15 is 0 Å². The Kier molecular flexibility index (Phi) is 9.02. The van der Waals surface area contributed by atoms with Crippen molar-refractivity contribution in [2.45, 2.75) is 56.5 Å². The van der Waals surface area contributed by atoms with Crippen molar-refractivity contribution in [3.8, 4) is 0 Å². The highest BCUT2D eigenvalue weighted by molar-refractivity contribution is 7.47. The number of hydrogen-bond acceptors (Lipinski definition) is 10. The number of rotatable bonds is 10. The van der Waals surface area contributed by atoms with Gasteiger partial charge in [0.05, 0.1) is 25.4 Å². The molecule has 0 saturated carbocycles. The Balaban J connectivity index is 1.18. The lowest BCUT2D eigenvalue weighted by Crippen LogP contribution is -2.33. The number of aliphatic hydroxyl groups excluding tert-OH is 2. The van der Waals surface area contributed by atoms with Crippen molar-refractivity contribution in [2.24, 2.45) is 0 Å². The van der Waals surface area contributed by atoms with Crippen molar-refractivity contribution < 1.29 is 43.0 Å². The molecule has 3 heterocycles. The molecule has 4 N–H and O–H groups in total. The summed E-state index contributed by atoms with van der Waals surface area (Å²) in [6.07, 6.45) is -4.18. The van der Waals surface area contributed by atoms with E-state index in [1.165, 1.54) is 13.1 Å². The van der Waals surface area contributed by atoms with Crippen LogP contribution in [0.5, 0.6) is 0 Å². The number of nitrogens with zero attached hydrogens (tertiary/aromatic N) is 1. The molecule has 14 heteroatoms. The van der Waals surface area contributed by atoms with Crippen molar-refractivity contribution in [3.63, 3.8) is 0 Å². The van der Waals surface area contributed by atoms with Crippen molar-refractivity contribution >= 4 is 13.6 Å². The van der Waals surface area contributed by atoms with Gasteiger partial charge in [-0.3, -0.25) is 28.2 Å². The summed E-state index contributed by atoms with van der Waals surface area (Å²) in [6.45, 7) is 0.504. The smallest absolute Gasteiger partial charge is 0.394 e. The number of aromatic amines is 1. The van der Waals surface area contributed by atoms with E-state index < -0.39 is 69.0 Å². The van der Waals surface area contributed by atoms with Crippen LogP contribution < -0.4 is 11.2 Å². The second kappa shape index (κ2) is 12.5. The summed E-state index contributed by atoms with van der Waals surface area (Å²) in [5.74, 6) is -0.133. The Bertz CT molecular complexity index is 1570. The summed E-state index contributed by atoms with van der Waals surface area (Å²) in [5.41, 5.74) is 0.751. The standard InChI is InChI=1S/C28H31N2O11P/c1-16-13-30(28(35)29-27(16)34)25-11-20(32)24(40-25)15-38-42(36,37)41-22-12-21(39-23(22)14-31)17-7-9-19(10-8-17)26(33)18-5-3-2-4-6-18/h2-10,13,20-25,31-32H,11-12,14-15H2,1H3,(H,36,37)(H,29,34,35)/t20-,21-,22-,23+,24+,25+/m0/s1. The van der Waals surface area contributed by atoms with Crippen LogP contribution >= 0.6 is 7.82 Å². The van der Waals surface area contributed by atoms with Gasteiger partial charge >= 0.3 is 13.5 Å². The van der Waals surface area contributed by atoms with Gasteiger partial charge in [0.1, 0.15) is 24.5 Å². The van der Waals surface area contributed by atoms with Gasteiger partial charge in [0.2, 0.25) is 0 Å². The fourth-order valence-corrected chi connectivity index (χ4v) is 5.97. The third-order valence-corrected chi connectivity index (χ3v) is 8.30. The minimum Gasteiger partial charge on any atom is -0.394 e. The summed E-state index contributed by atoms with van der Waals surface area (Å²) < 4.78 is 35.9.